The van der Waals surface area contributed by atoms with Crippen LogP contribution in [0.1, 0.15) is 30.6 Å². The SMILES string of the molecule is ON=C1CCC(OCc2ccc(Br)s2)CC1. The average Bonchev–Trinajstić information content (AvgIpc) is 2.73. The summed E-state index contributed by atoms with van der Waals surface area (Å²) in [5.41, 5.74) is 0.902. The second kappa shape index (κ2) is 5.80. The Bertz CT molecular complexity index is 368. The van der Waals surface area contributed by atoms with Crippen LogP contribution in [0.3, 0.4) is 0 Å². The van der Waals surface area contributed by atoms with E-state index in [-0.39, 0.29) is 0 Å². The van der Waals surface area contributed by atoms with Gasteiger partial charge in [-0.05, 0) is 53.7 Å². The predicted octanol–water partition coefficient (Wildman–Crippen LogP) is 3.80. The molecule has 88 valence electrons. The first-order valence-corrected chi connectivity index (χ1v) is 6.94. The summed E-state index contributed by atoms with van der Waals surface area (Å²) in [7, 11) is 0. The standard InChI is InChI=1S/C11H14BrNO2S/c12-11-6-5-10(16-11)7-15-9-3-1-8(13-14)2-4-9/h5-6,9,14H,1-4,7H2. The van der Waals surface area contributed by atoms with E-state index in [2.05, 4.69) is 27.2 Å². The average molecular weight is 304 g/mol. The second-order valence-corrected chi connectivity index (χ2v) is 6.43. The van der Waals surface area contributed by atoms with E-state index >= 15 is 0 Å². The zero-order valence-corrected chi connectivity index (χ0v) is 11.3. The number of ether oxygens (including phenoxy) is 1. The molecule has 1 aliphatic rings. The molecule has 1 aliphatic carbocycles. The van der Waals surface area contributed by atoms with Gasteiger partial charge in [0.2, 0.25) is 0 Å². The summed E-state index contributed by atoms with van der Waals surface area (Å²) in [6.07, 6.45) is 3.95. The number of halogens is 1. The van der Waals surface area contributed by atoms with Crippen molar-refractivity contribution in [1.82, 2.24) is 0 Å². The number of rotatable bonds is 3. The maximum Gasteiger partial charge on any atom is 0.0813 e. The molecule has 5 heteroatoms. The van der Waals surface area contributed by atoms with E-state index in [0.29, 0.717) is 12.7 Å². The minimum Gasteiger partial charge on any atom is -0.411 e. The maximum atomic E-state index is 8.63. The predicted molar refractivity (Wildman–Crippen MR) is 68.3 cm³/mol. The molecular formula is C11H14BrNO2S. The van der Waals surface area contributed by atoms with E-state index in [0.717, 1.165) is 35.2 Å². The van der Waals surface area contributed by atoms with Crippen molar-refractivity contribution in [2.45, 2.75) is 38.4 Å². The summed E-state index contributed by atoms with van der Waals surface area (Å²) in [5, 5.41) is 11.9. The Hall–Kier alpha value is -0.390. The number of oxime groups is 1. The van der Waals surface area contributed by atoms with Crippen molar-refractivity contribution in [3.63, 3.8) is 0 Å². The molecule has 1 saturated carbocycles. The third kappa shape index (κ3) is 3.30. The monoisotopic (exact) mass is 303 g/mol. The Morgan fingerprint density at radius 2 is 2.19 bits per heavy atom. The van der Waals surface area contributed by atoms with Crippen LogP contribution in [0.25, 0.3) is 0 Å². The number of nitrogens with zero attached hydrogens (tertiary/aromatic N) is 1. The van der Waals surface area contributed by atoms with Crippen LogP contribution in [0, 0.1) is 0 Å². The molecule has 0 spiro atoms. The summed E-state index contributed by atoms with van der Waals surface area (Å²) < 4.78 is 6.97. The largest absolute Gasteiger partial charge is 0.411 e. The molecule has 1 heterocycles. The smallest absolute Gasteiger partial charge is 0.0813 e. The fraction of sp³-hybridized carbons (Fsp3) is 0.545. The molecule has 16 heavy (non-hydrogen) atoms. The van der Waals surface area contributed by atoms with Crippen LogP contribution in [0.5, 0.6) is 0 Å². The van der Waals surface area contributed by atoms with E-state index < -0.39 is 0 Å². The summed E-state index contributed by atoms with van der Waals surface area (Å²) in [6, 6.07) is 4.12. The Balaban J connectivity index is 1.75. The fourth-order valence-electron chi connectivity index (χ4n) is 1.82. The lowest BCUT2D eigenvalue weighted by Crippen LogP contribution is -2.21. The molecule has 1 N–H and O–H groups in total. The van der Waals surface area contributed by atoms with Crippen molar-refractivity contribution in [3.05, 3.63) is 20.8 Å². The highest BCUT2D eigenvalue weighted by Crippen LogP contribution is 2.25. The van der Waals surface area contributed by atoms with Crippen LogP contribution < -0.4 is 0 Å². The zero-order chi connectivity index (χ0) is 11.4. The van der Waals surface area contributed by atoms with Gasteiger partial charge in [-0.3, -0.25) is 0 Å². The molecule has 3 nitrogen and oxygen atoms in total. The van der Waals surface area contributed by atoms with Gasteiger partial charge in [0, 0.05) is 4.88 Å². The lowest BCUT2D eigenvalue weighted by Gasteiger charge is -2.22. The van der Waals surface area contributed by atoms with Crippen molar-refractivity contribution < 1.29 is 9.94 Å². The first kappa shape index (κ1) is 12.1. The molecule has 0 radical (unpaired) electrons. The van der Waals surface area contributed by atoms with Gasteiger partial charge in [0.05, 0.1) is 22.2 Å². The maximum absolute atomic E-state index is 8.63. The van der Waals surface area contributed by atoms with Gasteiger partial charge in [0.15, 0.2) is 0 Å². The molecule has 0 amide bonds. The van der Waals surface area contributed by atoms with Crippen LogP contribution in [0.15, 0.2) is 21.1 Å². The minimum atomic E-state index is 0.311. The van der Waals surface area contributed by atoms with Gasteiger partial charge in [-0.2, -0.15) is 0 Å². The van der Waals surface area contributed by atoms with E-state index in [1.165, 1.54) is 4.88 Å². The van der Waals surface area contributed by atoms with E-state index in [1.54, 1.807) is 11.3 Å². The highest BCUT2D eigenvalue weighted by Gasteiger charge is 2.18. The van der Waals surface area contributed by atoms with Crippen molar-refractivity contribution in [1.29, 1.82) is 0 Å². The molecule has 0 unspecified atom stereocenters. The van der Waals surface area contributed by atoms with Gasteiger partial charge in [-0.15, -0.1) is 11.3 Å². The highest BCUT2D eigenvalue weighted by atomic mass is 79.9. The summed E-state index contributed by atoms with van der Waals surface area (Å²) in [5.74, 6) is 0. The normalized spacial score (nSPS) is 21.1. The molecule has 0 atom stereocenters. The second-order valence-electron chi connectivity index (χ2n) is 3.88. The molecule has 0 aromatic carbocycles. The third-order valence-corrected chi connectivity index (χ3v) is 4.34. The molecule has 0 aliphatic heterocycles. The Morgan fingerprint density at radius 3 is 2.75 bits per heavy atom. The van der Waals surface area contributed by atoms with Crippen molar-refractivity contribution in [3.8, 4) is 0 Å². The molecule has 1 fully saturated rings. The Kier molecular flexibility index (Phi) is 4.37. The number of hydrogen-bond donors (Lipinski definition) is 1. The van der Waals surface area contributed by atoms with Crippen LogP contribution >= 0.6 is 27.3 Å². The minimum absolute atomic E-state index is 0.311. The summed E-state index contributed by atoms with van der Waals surface area (Å²) in [4.78, 5) is 1.24. The van der Waals surface area contributed by atoms with Gasteiger partial charge in [0.25, 0.3) is 0 Å². The molecule has 0 bridgehead atoms. The summed E-state index contributed by atoms with van der Waals surface area (Å²) in [6.45, 7) is 0.687. The van der Waals surface area contributed by atoms with Crippen LogP contribution in [0.4, 0.5) is 0 Å². The van der Waals surface area contributed by atoms with Gasteiger partial charge in [-0.25, -0.2) is 0 Å². The van der Waals surface area contributed by atoms with E-state index in [1.807, 2.05) is 6.07 Å². The first-order chi connectivity index (χ1) is 7.78. The molecule has 2 rings (SSSR count). The molecule has 1 aromatic rings. The van der Waals surface area contributed by atoms with Gasteiger partial charge in [-0.1, -0.05) is 5.16 Å². The van der Waals surface area contributed by atoms with Gasteiger partial charge in [0.1, 0.15) is 0 Å². The lowest BCUT2D eigenvalue weighted by molar-refractivity contribution is 0.0292. The third-order valence-electron chi connectivity index (χ3n) is 2.74. The molecule has 1 aromatic heterocycles. The van der Waals surface area contributed by atoms with Gasteiger partial charge >= 0.3 is 0 Å². The molecule has 0 saturated heterocycles. The van der Waals surface area contributed by atoms with Crippen molar-refractivity contribution in [2.24, 2.45) is 5.16 Å². The molecular weight excluding hydrogens is 290 g/mol. The summed E-state index contributed by atoms with van der Waals surface area (Å²) >= 11 is 5.14. The highest BCUT2D eigenvalue weighted by molar-refractivity contribution is 9.11. The van der Waals surface area contributed by atoms with Crippen molar-refractivity contribution >= 4 is 33.0 Å². The van der Waals surface area contributed by atoms with Gasteiger partial charge < -0.3 is 9.94 Å². The van der Waals surface area contributed by atoms with Crippen LogP contribution in [-0.2, 0) is 11.3 Å². The topological polar surface area (TPSA) is 41.8 Å². The Morgan fingerprint density at radius 1 is 1.44 bits per heavy atom. The zero-order valence-electron chi connectivity index (χ0n) is 8.86. The van der Waals surface area contributed by atoms with Crippen LogP contribution in [-0.4, -0.2) is 17.0 Å². The number of thiophene rings is 1. The Labute approximate surface area is 107 Å². The first-order valence-electron chi connectivity index (χ1n) is 5.33. The van der Waals surface area contributed by atoms with E-state index in [4.69, 9.17) is 9.94 Å². The van der Waals surface area contributed by atoms with E-state index in [9.17, 15) is 0 Å². The quantitative estimate of drug-likeness (QED) is 0.681. The lowest BCUT2D eigenvalue weighted by atomic mass is 9.96. The van der Waals surface area contributed by atoms with Crippen LogP contribution in [0.2, 0.25) is 0 Å². The fourth-order valence-corrected chi connectivity index (χ4v) is 3.23. The van der Waals surface area contributed by atoms with Crippen molar-refractivity contribution in [2.75, 3.05) is 0 Å². The number of hydrogen-bond acceptors (Lipinski definition) is 4.